The van der Waals surface area contributed by atoms with E-state index >= 15 is 9.59 Å². The lowest BCUT2D eigenvalue weighted by Crippen LogP contribution is -2.64. The monoisotopic (exact) mass is 750 g/mol. The third kappa shape index (κ3) is 6.08. The molecule has 5 atom stereocenters. The van der Waals surface area contributed by atoms with E-state index in [0.717, 1.165) is 67.2 Å². The molecule has 1 aromatic heterocycles. The molecule has 2 aliphatic heterocycles. The van der Waals surface area contributed by atoms with E-state index in [4.69, 9.17) is 23.2 Å². The molecule has 1 saturated heterocycles. The van der Waals surface area contributed by atoms with Crippen LogP contribution in [0.4, 0.5) is 5.69 Å². The van der Waals surface area contributed by atoms with E-state index in [1.165, 1.54) is 0 Å². The summed E-state index contributed by atoms with van der Waals surface area (Å²) in [4.78, 5) is 37.8. The smallest absolute Gasteiger partial charge is 0.238 e. The predicted molar refractivity (Wildman–Crippen MR) is 210 cm³/mol. The number of benzene rings is 3. The van der Waals surface area contributed by atoms with Gasteiger partial charge in [0.15, 0.2) is 0 Å². The summed E-state index contributed by atoms with van der Waals surface area (Å²) in [6.07, 6.45) is 8.63. The first-order chi connectivity index (χ1) is 25.6. The Morgan fingerprint density at radius 3 is 2.21 bits per heavy atom. The average Bonchev–Trinajstić information content (AvgIpc) is 3.59. The van der Waals surface area contributed by atoms with Gasteiger partial charge in [0, 0.05) is 34.4 Å². The molecule has 3 aromatic carbocycles. The van der Waals surface area contributed by atoms with Gasteiger partial charge in [0.05, 0.1) is 18.2 Å². The fourth-order valence-electron chi connectivity index (χ4n) is 10.5. The normalized spacial score (nSPS) is 26.2. The van der Waals surface area contributed by atoms with Crippen molar-refractivity contribution in [2.45, 2.75) is 113 Å². The van der Waals surface area contributed by atoms with E-state index in [0.29, 0.717) is 28.7 Å². The highest BCUT2D eigenvalue weighted by atomic mass is 35.5. The summed E-state index contributed by atoms with van der Waals surface area (Å²) in [5.41, 5.74) is 1.69. The second kappa shape index (κ2) is 14.2. The number of carbonyl (C=O) groups is 2. The van der Waals surface area contributed by atoms with Crippen LogP contribution in [0.25, 0.3) is 0 Å². The van der Waals surface area contributed by atoms with Gasteiger partial charge in [0.2, 0.25) is 11.8 Å². The number of anilines is 1. The SMILES string of the molecule is CC1(C)CCC2(CC1)N([C@H](c1ccccc1)[C@@H](O)c1ccccc1)[C@@H](C(=O)NC1CCCCC1)[C@H](c1ccnc(Cl)c1)C21C(=O)Nc2cc(Cl)ccc21. The topological polar surface area (TPSA) is 94.6 Å². The maximum absolute atomic E-state index is 15.6. The summed E-state index contributed by atoms with van der Waals surface area (Å²) < 4.78 is 0. The zero-order valence-corrected chi connectivity index (χ0v) is 31.9. The van der Waals surface area contributed by atoms with Crippen molar-refractivity contribution in [1.29, 1.82) is 0 Å². The van der Waals surface area contributed by atoms with Crippen molar-refractivity contribution in [3.05, 3.63) is 130 Å². The van der Waals surface area contributed by atoms with Gasteiger partial charge in [0.1, 0.15) is 10.6 Å². The Morgan fingerprint density at radius 2 is 1.55 bits per heavy atom. The van der Waals surface area contributed by atoms with Gasteiger partial charge in [-0.2, -0.15) is 0 Å². The second-order valence-corrected chi connectivity index (χ2v) is 17.3. The predicted octanol–water partition coefficient (Wildman–Crippen LogP) is 9.31. The number of halogens is 2. The van der Waals surface area contributed by atoms with E-state index in [2.05, 4.69) is 34.4 Å². The van der Waals surface area contributed by atoms with Crippen LogP contribution < -0.4 is 10.6 Å². The van der Waals surface area contributed by atoms with Gasteiger partial charge in [0.25, 0.3) is 0 Å². The summed E-state index contributed by atoms with van der Waals surface area (Å²) >= 11 is 13.3. The zero-order chi connectivity index (χ0) is 37.0. The van der Waals surface area contributed by atoms with Crippen molar-refractivity contribution in [2.24, 2.45) is 5.41 Å². The van der Waals surface area contributed by atoms with E-state index < -0.39 is 35.1 Å². The molecule has 4 aliphatic rings. The number of hydrogen-bond acceptors (Lipinski definition) is 5. The van der Waals surface area contributed by atoms with E-state index in [1.807, 2.05) is 91.0 Å². The standard InChI is InChI=1S/C44H48Cl2N4O3/c1-42(2)21-23-43(24-22-42)44(33-19-18-31(45)27-34(33)49-41(44)53)36(30-20-25-47-35(46)26-30)38(40(52)48-32-16-10-5-11-17-32)50(43)37(28-12-6-3-7-13-28)39(51)29-14-8-4-9-15-29/h3-4,6-9,12-15,18-20,25-27,32,36-39,51H,5,10-11,16-17,21-24H2,1-2H3,(H,48,52)(H,49,53)/t36-,37+,38+,39-,44?/m0/s1. The van der Waals surface area contributed by atoms with Gasteiger partial charge in [-0.25, -0.2) is 4.98 Å². The van der Waals surface area contributed by atoms with E-state index in [9.17, 15) is 5.11 Å². The summed E-state index contributed by atoms with van der Waals surface area (Å²) in [6.45, 7) is 4.57. The van der Waals surface area contributed by atoms with Crippen LogP contribution in [0.15, 0.2) is 97.2 Å². The van der Waals surface area contributed by atoms with Crippen molar-refractivity contribution < 1.29 is 14.7 Å². The van der Waals surface area contributed by atoms with Crippen molar-refractivity contribution in [1.82, 2.24) is 15.2 Å². The van der Waals surface area contributed by atoms with E-state index in [-0.39, 0.29) is 23.3 Å². The summed E-state index contributed by atoms with van der Waals surface area (Å²) in [6, 6.07) is 27.6. The highest BCUT2D eigenvalue weighted by Gasteiger charge is 2.77. The molecule has 0 bridgehead atoms. The number of likely N-dealkylation sites (tertiary alicyclic amines) is 1. The molecular formula is C44H48Cl2N4O3. The molecule has 3 N–H and O–H groups in total. The number of aliphatic hydroxyl groups excluding tert-OH is 1. The number of rotatable bonds is 7. The van der Waals surface area contributed by atoms with Gasteiger partial charge in [-0.1, -0.05) is 123 Å². The molecule has 9 heteroatoms. The van der Waals surface area contributed by atoms with Crippen molar-refractivity contribution >= 4 is 40.7 Å². The van der Waals surface area contributed by atoms with Crippen molar-refractivity contribution in [3.8, 4) is 0 Å². The molecule has 2 spiro atoms. The minimum absolute atomic E-state index is 0.00816. The molecule has 8 rings (SSSR count). The molecule has 276 valence electrons. The molecule has 0 radical (unpaired) electrons. The Morgan fingerprint density at radius 1 is 0.887 bits per heavy atom. The number of hydrogen-bond donors (Lipinski definition) is 3. The molecule has 7 nitrogen and oxygen atoms in total. The zero-order valence-electron chi connectivity index (χ0n) is 30.4. The number of aliphatic hydroxyl groups is 1. The molecule has 3 fully saturated rings. The van der Waals surface area contributed by atoms with Crippen LogP contribution in [0.5, 0.6) is 0 Å². The number of nitrogens with zero attached hydrogens (tertiary/aromatic N) is 2. The number of nitrogens with one attached hydrogen (secondary N) is 2. The molecular weight excluding hydrogens is 703 g/mol. The average molecular weight is 752 g/mol. The van der Waals surface area contributed by atoms with Gasteiger partial charge in [-0.05, 0) is 90.5 Å². The van der Waals surface area contributed by atoms with Gasteiger partial charge >= 0.3 is 0 Å². The Bertz CT molecular complexity index is 1980. The summed E-state index contributed by atoms with van der Waals surface area (Å²) in [5, 5.41) is 20.5. The number of carbonyl (C=O) groups excluding carboxylic acids is 2. The quantitative estimate of drug-likeness (QED) is 0.164. The molecule has 2 saturated carbocycles. The van der Waals surface area contributed by atoms with Gasteiger partial charge < -0.3 is 15.7 Å². The number of pyridine rings is 1. The van der Waals surface area contributed by atoms with Crippen LogP contribution >= 0.6 is 23.2 Å². The third-order valence-corrected chi connectivity index (χ3v) is 13.4. The summed E-state index contributed by atoms with van der Waals surface area (Å²) in [7, 11) is 0. The van der Waals surface area contributed by atoms with E-state index in [1.54, 1.807) is 6.20 Å². The fraction of sp³-hybridized carbons (Fsp3) is 0.432. The van der Waals surface area contributed by atoms with Crippen molar-refractivity contribution in [3.63, 3.8) is 0 Å². The molecule has 3 heterocycles. The molecule has 2 amide bonds. The highest BCUT2D eigenvalue weighted by Crippen LogP contribution is 2.69. The first-order valence-corrected chi connectivity index (χ1v) is 19.9. The van der Waals surface area contributed by atoms with Gasteiger partial charge in [-0.3, -0.25) is 14.5 Å². The first-order valence-electron chi connectivity index (χ1n) is 19.2. The summed E-state index contributed by atoms with van der Waals surface area (Å²) in [5.74, 6) is -0.983. The maximum Gasteiger partial charge on any atom is 0.238 e. The van der Waals surface area contributed by atoms with Gasteiger partial charge in [-0.15, -0.1) is 0 Å². The minimum Gasteiger partial charge on any atom is -0.386 e. The Balaban J connectivity index is 1.47. The second-order valence-electron chi connectivity index (χ2n) is 16.4. The van der Waals surface area contributed by atoms with Crippen LogP contribution in [0.3, 0.4) is 0 Å². The molecule has 2 aliphatic carbocycles. The van der Waals surface area contributed by atoms with Crippen LogP contribution in [-0.4, -0.2) is 44.4 Å². The lowest BCUT2D eigenvalue weighted by Gasteiger charge is -2.56. The lowest BCUT2D eigenvalue weighted by atomic mass is 9.53. The van der Waals surface area contributed by atoms with Crippen molar-refractivity contribution in [2.75, 3.05) is 5.32 Å². The van der Waals surface area contributed by atoms with Crippen LogP contribution in [0.2, 0.25) is 10.2 Å². The number of amides is 2. The largest absolute Gasteiger partial charge is 0.386 e. The Labute approximate surface area is 322 Å². The number of aromatic nitrogens is 1. The Hall–Kier alpha value is -3.75. The third-order valence-electron chi connectivity index (χ3n) is 13.0. The Kier molecular flexibility index (Phi) is 9.67. The van der Waals surface area contributed by atoms with Crippen LogP contribution in [0, 0.1) is 5.41 Å². The molecule has 4 aromatic rings. The molecule has 1 unspecified atom stereocenters. The first kappa shape index (κ1) is 36.2. The van der Waals surface area contributed by atoms with Crippen LogP contribution in [0.1, 0.15) is 112 Å². The number of fused-ring (bicyclic) bond motifs is 3. The van der Waals surface area contributed by atoms with Crippen LogP contribution in [-0.2, 0) is 15.0 Å². The highest BCUT2D eigenvalue weighted by molar-refractivity contribution is 6.31. The lowest BCUT2D eigenvalue weighted by molar-refractivity contribution is -0.137. The maximum atomic E-state index is 15.6. The fourth-order valence-corrected chi connectivity index (χ4v) is 10.9. The molecule has 53 heavy (non-hydrogen) atoms. The minimum atomic E-state index is -1.26.